The van der Waals surface area contributed by atoms with Crippen LogP contribution in [0.1, 0.15) is 19.8 Å². The number of carbonyl (C=O) groups excluding carboxylic acids is 1. The first-order valence-electron chi connectivity index (χ1n) is 5.69. The van der Waals surface area contributed by atoms with Crippen LogP contribution in [0.15, 0.2) is 17.3 Å². The molecule has 0 saturated heterocycles. The number of nitrogens with one attached hydrogen (secondary N) is 1. The number of thioether (sulfide) groups is 1. The van der Waals surface area contributed by atoms with Crippen molar-refractivity contribution >= 4 is 17.7 Å². The zero-order valence-electron chi connectivity index (χ0n) is 10.1. The standard InChI is InChI=1S/C11H18N4OS/c1-11(10(12)16,14-8-3-4-8)7-17-9-5-13-15(2)6-9/h5-6,8,14H,3-4,7H2,1-2H3,(H2,12,16). The van der Waals surface area contributed by atoms with Crippen LogP contribution in [0.4, 0.5) is 0 Å². The second-order valence-electron chi connectivity index (χ2n) is 4.75. The molecule has 3 N–H and O–H groups in total. The van der Waals surface area contributed by atoms with E-state index in [9.17, 15) is 4.79 Å². The van der Waals surface area contributed by atoms with E-state index in [1.165, 1.54) is 0 Å². The van der Waals surface area contributed by atoms with Crippen molar-refractivity contribution in [3.8, 4) is 0 Å². The Morgan fingerprint density at radius 3 is 2.94 bits per heavy atom. The Labute approximate surface area is 105 Å². The van der Waals surface area contributed by atoms with Gasteiger partial charge in [0.15, 0.2) is 0 Å². The maximum absolute atomic E-state index is 11.5. The van der Waals surface area contributed by atoms with Gasteiger partial charge in [-0.05, 0) is 19.8 Å². The average molecular weight is 254 g/mol. The summed E-state index contributed by atoms with van der Waals surface area (Å²) in [7, 11) is 1.87. The van der Waals surface area contributed by atoms with Crippen LogP contribution in [0.2, 0.25) is 0 Å². The van der Waals surface area contributed by atoms with E-state index in [0.717, 1.165) is 17.7 Å². The molecule has 1 fully saturated rings. The highest BCUT2D eigenvalue weighted by molar-refractivity contribution is 7.99. The molecular formula is C11H18N4OS. The number of nitrogens with two attached hydrogens (primary N) is 1. The SMILES string of the molecule is Cn1cc(SCC(C)(NC2CC2)C(N)=O)cn1. The van der Waals surface area contributed by atoms with Gasteiger partial charge < -0.3 is 11.1 Å². The number of primary amides is 1. The monoisotopic (exact) mass is 254 g/mol. The number of aromatic nitrogens is 2. The minimum atomic E-state index is -0.637. The van der Waals surface area contributed by atoms with Crippen LogP contribution in [0.3, 0.4) is 0 Å². The number of carbonyl (C=O) groups is 1. The van der Waals surface area contributed by atoms with Gasteiger partial charge in [-0.1, -0.05) is 0 Å². The number of aryl methyl sites for hydroxylation is 1. The van der Waals surface area contributed by atoms with Gasteiger partial charge in [0.05, 0.1) is 6.20 Å². The zero-order valence-corrected chi connectivity index (χ0v) is 11.0. The van der Waals surface area contributed by atoms with E-state index < -0.39 is 5.54 Å². The molecule has 1 aliphatic rings. The molecule has 1 atom stereocenters. The third kappa shape index (κ3) is 3.23. The molecule has 1 aliphatic carbocycles. The van der Waals surface area contributed by atoms with Crippen LogP contribution in [0.25, 0.3) is 0 Å². The number of nitrogens with zero attached hydrogens (tertiary/aromatic N) is 2. The summed E-state index contributed by atoms with van der Waals surface area (Å²) in [5, 5.41) is 7.42. The number of rotatable bonds is 6. The fourth-order valence-corrected chi connectivity index (χ4v) is 2.59. The summed E-state index contributed by atoms with van der Waals surface area (Å²) < 4.78 is 1.75. The van der Waals surface area contributed by atoms with Gasteiger partial charge in [0, 0.05) is 29.9 Å². The highest BCUT2D eigenvalue weighted by Crippen LogP contribution is 2.27. The van der Waals surface area contributed by atoms with Gasteiger partial charge in [-0.3, -0.25) is 9.48 Å². The Bertz CT molecular complexity index is 415. The third-order valence-electron chi connectivity index (χ3n) is 2.85. The summed E-state index contributed by atoms with van der Waals surface area (Å²) in [5.41, 5.74) is 4.84. The van der Waals surface area contributed by atoms with Crippen molar-refractivity contribution in [3.05, 3.63) is 12.4 Å². The number of hydrogen-bond acceptors (Lipinski definition) is 4. The molecule has 0 aromatic carbocycles. The summed E-state index contributed by atoms with van der Waals surface area (Å²) in [6, 6.07) is 0.460. The van der Waals surface area contributed by atoms with E-state index in [1.54, 1.807) is 22.6 Å². The Morgan fingerprint density at radius 1 is 1.76 bits per heavy atom. The normalized spacial score (nSPS) is 18.9. The molecule has 0 spiro atoms. The summed E-state index contributed by atoms with van der Waals surface area (Å²) in [6.07, 6.45) is 6.01. The fraction of sp³-hybridized carbons (Fsp3) is 0.636. The lowest BCUT2D eigenvalue weighted by Crippen LogP contribution is -2.55. The predicted molar refractivity (Wildman–Crippen MR) is 67.7 cm³/mol. The second kappa shape index (κ2) is 4.70. The van der Waals surface area contributed by atoms with Crippen molar-refractivity contribution < 1.29 is 4.79 Å². The lowest BCUT2D eigenvalue weighted by molar-refractivity contribution is -0.123. The minimum absolute atomic E-state index is 0.291. The van der Waals surface area contributed by atoms with Gasteiger partial charge >= 0.3 is 0 Å². The van der Waals surface area contributed by atoms with Crippen LogP contribution >= 0.6 is 11.8 Å². The van der Waals surface area contributed by atoms with Crippen molar-refractivity contribution in [2.75, 3.05) is 5.75 Å². The van der Waals surface area contributed by atoms with E-state index in [4.69, 9.17) is 5.73 Å². The van der Waals surface area contributed by atoms with Crippen LogP contribution in [-0.2, 0) is 11.8 Å². The molecule has 0 bridgehead atoms. The molecule has 1 heterocycles. The van der Waals surface area contributed by atoms with Crippen LogP contribution < -0.4 is 11.1 Å². The maximum Gasteiger partial charge on any atom is 0.238 e. The summed E-state index contributed by atoms with van der Waals surface area (Å²) in [6.45, 7) is 1.87. The maximum atomic E-state index is 11.5. The van der Waals surface area contributed by atoms with Gasteiger partial charge in [0.1, 0.15) is 5.54 Å². The number of amides is 1. The fourth-order valence-electron chi connectivity index (χ4n) is 1.56. The van der Waals surface area contributed by atoms with E-state index in [0.29, 0.717) is 11.8 Å². The molecule has 1 unspecified atom stereocenters. The van der Waals surface area contributed by atoms with Gasteiger partial charge in [-0.2, -0.15) is 5.10 Å². The minimum Gasteiger partial charge on any atom is -0.368 e. The topological polar surface area (TPSA) is 72.9 Å². The average Bonchev–Trinajstić information content (AvgIpc) is 2.96. The van der Waals surface area contributed by atoms with Crippen molar-refractivity contribution in [1.82, 2.24) is 15.1 Å². The third-order valence-corrected chi connectivity index (χ3v) is 4.12. The van der Waals surface area contributed by atoms with Gasteiger partial charge in [0.25, 0.3) is 0 Å². The van der Waals surface area contributed by atoms with Crippen LogP contribution in [-0.4, -0.2) is 33.0 Å². The second-order valence-corrected chi connectivity index (χ2v) is 5.80. The Hall–Kier alpha value is -1.01. The lowest BCUT2D eigenvalue weighted by Gasteiger charge is -2.26. The van der Waals surface area contributed by atoms with Gasteiger partial charge in [0.2, 0.25) is 5.91 Å². The first-order chi connectivity index (χ1) is 7.99. The summed E-state index contributed by atoms with van der Waals surface area (Å²) in [4.78, 5) is 12.6. The number of hydrogen-bond donors (Lipinski definition) is 2. The molecule has 6 heteroatoms. The van der Waals surface area contributed by atoms with Gasteiger partial charge in [-0.15, -0.1) is 11.8 Å². The first-order valence-corrected chi connectivity index (χ1v) is 6.67. The Balaban J connectivity index is 1.95. The largest absolute Gasteiger partial charge is 0.368 e. The molecular weight excluding hydrogens is 236 g/mol. The molecule has 0 aliphatic heterocycles. The predicted octanol–water partition coefficient (Wildman–Crippen LogP) is 0.508. The van der Waals surface area contributed by atoms with E-state index >= 15 is 0 Å². The first kappa shape index (κ1) is 12.4. The summed E-state index contributed by atoms with van der Waals surface area (Å²) >= 11 is 1.60. The highest BCUT2D eigenvalue weighted by atomic mass is 32.2. The van der Waals surface area contributed by atoms with Crippen molar-refractivity contribution in [2.24, 2.45) is 12.8 Å². The smallest absolute Gasteiger partial charge is 0.238 e. The summed E-state index contributed by atoms with van der Waals surface area (Å²) in [5.74, 6) is 0.339. The molecule has 17 heavy (non-hydrogen) atoms. The molecule has 5 nitrogen and oxygen atoms in total. The van der Waals surface area contributed by atoms with Crippen molar-refractivity contribution in [1.29, 1.82) is 0 Å². The molecule has 2 rings (SSSR count). The van der Waals surface area contributed by atoms with Gasteiger partial charge in [-0.25, -0.2) is 0 Å². The Morgan fingerprint density at radius 2 is 2.47 bits per heavy atom. The highest BCUT2D eigenvalue weighted by Gasteiger charge is 2.37. The quantitative estimate of drug-likeness (QED) is 0.725. The molecule has 1 aromatic rings. The van der Waals surface area contributed by atoms with E-state index in [2.05, 4.69) is 10.4 Å². The van der Waals surface area contributed by atoms with Crippen LogP contribution in [0, 0.1) is 0 Å². The molecule has 1 saturated carbocycles. The van der Waals surface area contributed by atoms with Crippen molar-refractivity contribution in [3.63, 3.8) is 0 Å². The molecule has 1 aromatic heterocycles. The van der Waals surface area contributed by atoms with E-state index in [1.807, 2.05) is 20.2 Å². The van der Waals surface area contributed by atoms with E-state index in [-0.39, 0.29) is 5.91 Å². The zero-order chi connectivity index (χ0) is 12.5. The van der Waals surface area contributed by atoms with Crippen LogP contribution in [0.5, 0.6) is 0 Å². The molecule has 1 amide bonds. The molecule has 94 valence electrons. The molecule has 0 radical (unpaired) electrons. The Kier molecular flexibility index (Phi) is 3.44. The van der Waals surface area contributed by atoms with Crippen molar-refractivity contribution in [2.45, 2.75) is 36.2 Å². The lowest BCUT2D eigenvalue weighted by atomic mass is 10.1.